The van der Waals surface area contributed by atoms with Crippen LogP contribution in [-0.4, -0.2) is 55.4 Å². The molecule has 1 aromatic heterocycles. The van der Waals surface area contributed by atoms with Crippen LogP contribution in [0.2, 0.25) is 0 Å². The molecule has 1 aromatic carbocycles. The number of fused-ring (bicyclic) bond motifs is 1. The van der Waals surface area contributed by atoms with Gasteiger partial charge in [-0.25, -0.2) is 9.78 Å². The van der Waals surface area contributed by atoms with Crippen LogP contribution in [0.25, 0.3) is 0 Å². The molecule has 0 saturated carbocycles. The summed E-state index contributed by atoms with van der Waals surface area (Å²) < 4.78 is 11.0. The van der Waals surface area contributed by atoms with Gasteiger partial charge in [-0.2, -0.15) is 4.98 Å². The molecule has 9 heteroatoms. The minimum Gasteiger partial charge on any atom is -0.486 e. The Morgan fingerprint density at radius 3 is 2.67 bits per heavy atom. The Morgan fingerprint density at radius 1 is 1.03 bits per heavy atom. The quantitative estimate of drug-likeness (QED) is 0.627. The molecule has 2 aliphatic rings. The average Bonchev–Trinajstić information content (AvgIpc) is 2.77. The number of aryl methyl sites for hydroxylation is 1. The molecule has 0 aliphatic carbocycles. The Labute approximate surface area is 176 Å². The second kappa shape index (κ2) is 9.51. The number of hydrogen-bond donors (Lipinski definition) is 3. The number of nitrogens with zero attached hydrogens (tertiary/aromatic N) is 3. The van der Waals surface area contributed by atoms with Crippen LogP contribution in [0.3, 0.4) is 0 Å². The largest absolute Gasteiger partial charge is 0.486 e. The SMILES string of the molecule is Cc1cc(N2CCCCC2)nc(NCCNC(=O)Nc2ccc3c(c2)OCCO3)n1. The molecule has 30 heavy (non-hydrogen) atoms. The maximum absolute atomic E-state index is 12.1. The Bertz CT molecular complexity index is 885. The maximum atomic E-state index is 12.1. The summed E-state index contributed by atoms with van der Waals surface area (Å²) in [6, 6.07) is 7.08. The first-order valence-corrected chi connectivity index (χ1v) is 10.5. The Morgan fingerprint density at radius 2 is 1.83 bits per heavy atom. The number of carbonyl (C=O) groups excluding carboxylic acids is 1. The highest BCUT2D eigenvalue weighted by Gasteiger charge is 2.14. The summed E-state index contributed by atoms with van der Waals surface area (Å²) in [5, 5.41) is 8.82. The normalized spacial score (nSPS) is 15.4. The van der Waals surface area contributed by atoms with Gasteiger partial charge < -0.3 is 30.3 Å². The molecule has 3 heterocycles. The third-order valence-electron chi connectivity index (χ3n) is 5.01. The van der Waals surface area contributed by atoms with Gasteiger partial charge >= 0.3 is 6.03 Å². The van der Waals surface area contributed by atoms with E-state index in [-0.39, 0.29) is 6.03 Å². The van der Waals surface area contributed by atoms with E-state index in [1.54, 1.807) is 18.2 Å². The van der Waals surface area contributed by atoms with Gasteiger partial charge in [-0.05, 0) is 38.3 Å². The van der Waals surface area contributed by atoms with Crippen LogP contribution in [0.4, 0.5) is 22.2 Å². The Hall–Kier alpha value is -3.23. The van der Waals surface area contributed by atoms with E-state index in [1.165, 1.54) is 19.3 Å². The number of aromatic nitrogens is 2. The van der Waals surface area contributed by atoms with Crippen LogP contribution in [0.5, 0.6) is 11.5 Å². The van der Waals surface area contributed by atoms with Gasteiger partial charge in [0.05, 0.1) is 0 Å². The summed E-state index contributed by atoms with van der Waals surface area (Å²) in [6.07, 6.45) is 3.69. The van der Waals surface area contributed by atoms with Gasteiger partial charge in [-0.1, -0.05) is 0 Å². The Balaban J connectivity index is 1.24. The standard InChI is InChI=1S/C21H28N6O3/c1-15-13-19(27-9-3-2-4-10-27)26-20(24-15)22-7-8-23-21(28)25-16-5-6-17-18(14-16)30-12-11-29-17/h5-6,13-14H,2-4,7-12H2,1H3,(H,22,24,26)(H2,23,25,28). The van der Waals surface area contributed by atoms with E-state index in [2.05, 4.69) is 30.8 Å². The fourth-order valence-electron chi connectivity index (χ4n) is 3.56. The lowest BCUT2D eigenvalue weighted by molar-refractivity contribution is 0.171. The van der Waals surface area contributed by atoms with E-state index in [9.17, 15) is 4.79 Å². The minimum absolute atomic E-state index is 0.285. The summed E-state index contributed by atoms with van der Waals surface area (Å²) in [5.41, 5.74) is 1.58. The number of carbonyl (C=O) groups is 1. The number of amides is 2. The lowest BCUT2D eigenvalue weighted by Gasteiger charge is -2.28. The highest BCUT2D eigenvalue weighted by atomic mass is 16.6. The van der Waals surface area contributed by atoms with E-state index in [4.69, 9.17) is 9.47 Å². The topological polar surface area (TPSA) is 101 Å². The van der Waals surface area contributed by atoms with Crippen molar-refractivity contribution in [1.29, 1.82) is 0 Å². The summed E-state index contributed by atoms with van der Waals surface area (Å²) >= 11 is 0. The summed E-state index contributed by atoms with van der Waals surface area (Å²) in [4.78, 5) is 23.5. The van der Waals surface area contributed by atoms with Crippen molar-refractivity contribution in [3.63, 3.8) is 0 Å². The van der Waals surface area contributed by atoms with E-state index in [0.29, 0.717) is 49.4 Å². The first-order valence-electron chi connectivity index (χ1n) is 10.5. The molecule has 0 bridgehead atoms. The van der Waals surface area contributed by atoms with Crippen LogP contribution in [-0.2, 0) is 0 Å². The van der Waals surface area contributed by atoms with Gasteiger partial charge in [0.25, 0.3) is 0 Å². The van der Waals surface area contributed by atoms with Gasteiger partial charge in [0.2, 0.25) is 5.95 Å². The first-order chi connectivity index (χ1) is 14.7. The van der Waals surface area contributed by atoms with Crippen molar-refractivity contribution in [2.24, 2.45) is 0 Å². The molecular weight excluding hydrogens is 384 g/mol. The Kier molecular flexibility index (Phi) is 6.36. The van der Waals surface area contributed by atoms with E-state index < -0.39 is 0 Å². The van der Waals surface area contributed by atoms with Crippen molar-refractivity contribution in [2.45, 2.75) is 26.2 Å². The minimum atomic E-state index is -0.285. The lowest BCUT2D eigenvalue weighted by Crippen LogP contribution is -2.33. The summed E-state index contributed by atoms with van der Waals surface area (Å²) in [7, 11) is 0. The molecule has 160 valence electrons. The zero-order chi connectivity index (χ0) is 20.8. The van der Waals surface area contributed by atoms with Gasteiger partial charge in [0, 0.05) is 49.7 Å². The third-order valence-corrected chi connectivity index (χ3v) is 5.01. The highest BCUT2D eigenvalue weighted by molar-refractivity contribution is 5.89. The number of piperidine rings is 1. The van der Waals surface area contributed by atoms with E-state index >= 15 is 0 Å². The zero-order valence-electron chi connectivity index (χ0n) is 17.2. The van der Waals surface area contributed by atoms with Crippen molar-refractivity contribution in [2.75, 3.05) is 54.9 Å². The van der Waals surface area contributed by atoms with Crippen LogP contribution in [0.15, 0.2) is 24.3 Å². The molecule has 1 fully saturated rings. The molecule has 4 rings (SSSR count). The van der Waals surface area contributed by atoms with Crippen molar-refractivity contribution >= 4 is 23.5 Å². The molecule has 3 N–H and O–H groups in total. The first kappa shape index (κ1) is 20.1. The zero-order valence-corrected chi connectivity index (χ0v) is 17.2. The molecule has 0 atom stereocenters. The molecule has 2 amide bonds. The number of rotatable bonds is 6. The monoisotopic (exact) mass is 412 g/mol. The van der Waals surface area contributed by atoms with Crippen molar-refractivity contribution in [3.05, 3.63) is 30.0 Å². The molecule has 0 spiro atoms. The van der Waals surface area contributed by atoms with Gasteiger partial charge in [0.1, 0.15) is 19.0 Å². The number of benzene rings is 1. The number of nitrogens with one attached hydrogen (secondary N) is 3. The predicted molar refractivity (Wildman–Crippen MR) is 116 cm³/mol. The molecule has 9 nitrogen and oxygen atoms in total. The van der Waals surface area contributed by atoms with E-state index in [1.807, 2.05) is 13.0 Å². The maximum Gasteiger partial charge on any atom is 0.319 e. The number of anilines is 3. The second-order valence-electron chi connectivity index (χ2n) is 7.40. The molecule has 2 aliphatic heterocycles. The van der Waals surface area contributed by atoms with Gasteiger partial charge in [0.15, 0.2) is 11.5 Å². The predicted octanol–water partition coefficient (Wildman–Crippen LogP) is 2.78. The summed E-state index contributed by atoms with van der Waals surface area (Å²) in [5.74, 6) is 2.89. The molecule has 2 aromatic rings. The smallest absolute Gasteiger partial charge is 0.319 e. The number of urea groups is 1. The third kappa shape index (κ3) is 5.22. The van der Waals surface area contributed by atoms with Gasteiger partial charge in [-0.15, -0.1) is 0 Å². The fraction of sp³-hybridized carbons (Fsp3) is 0.476. The van der Waals surface area contributed by atoms with E-state index in [0.717, 1.165) is 24.6 Å². The number of hydrogen-bond acceptors (Lipinski definition) is 7. The van der Waals surface area contributed by atoms with Gasteiger partial charge in [-0.3, -0.25) is 0 Å². The number of ether oxygens (including phenoxy) is 2. The van der Waals surface area contributed by atoms with Crippen molar-refractivity contribution < 1.29 is 14.3 Å². The van der Waals surface area contributed by atoms with Crippen LogP contribution in [0, 0.1) is 6.92 Å². The lowest BCUT2D eigenvalue weighted by atomic mass is 10.1. The van der Waals surface area contributed by atoms with Crippen molar-refractivity contribution in [1.82, 2.24) is 15.3 Å². The summed E-state index contributed by atoms with van der Waals surface area (Å²) in [6.45, 7) is 6.06. The highest BCUT2D eigenvalue weighted by Crippen LogP contribution is 2.32. The molecular formula is C21H28N6O3. The average molecular weight is 412 g/mol. The molecule has 1 saturated heterocycles. The van der Waals surface area contributed by atoms with Crippen LogP contribution in [0.1, 0.15) is 25.0 Å². The fourth-order valence-corrected chi connectivity index (χ4v) is 3.56. The van der Waals surface area contributed by atoms with Crippen LogP contribution < -0.4 is 30.3 Å². The second-order valence-corrected chi connectivity index (χ2v) is 7.40. The van der Waals surface area contributed by atoms with Crippen molar-refractivity contribution in [3.8, 4) is 11.5 Å². The molecule has 0 radical (unpaired) electrons. The van der Waals surface area contributed by atoms with Crippen LogP contribution >= 0.6 is 0 Å². The molecule has 0 unspecified atom stereocenters.